The monoisotopic (exact) mass is 406 g/mol. The lowest BCUT2D eigenvalue weighted by Crippen LogP contribution is -2.31. The zero-order valence-corrected chi connectivity index (χ0v) is 16.8. The van der Waals surface area contributed by atoms with Gasteiger partial charge in [0.1, 0.15) is 23.0 Å². The molecule has 2 unspecified atom stereocenters. The van der Waals surface area contributed by atoms with E-state index in [4.69, 9.17) is 21.1 Å². The van der Waals surface area contributed by atoms with E-state index >= 15 is 0 Å². The fraction of sp³-hybridized carbons (Fsp3) is 0.167. The molecule has 4 nitrogen and oxygen atoms in total. The first-order valence-electron chi connectivity index (χ1n) is 9.24. The molecular formula is C24H19ClO4. The van der Waals surface area contributed by atoms with E-state index in [0.717, 1.165) is 11.1 Å². The molecule has 1 aliphatic rings. The van der Waals surface area contributed by atoms with Crippen molar-refractivity contribution in [3.05, 3.63) is 88.4 Å². The standard InChI is InChI=1S/C24H19ClO4/c1-14(26)22(24(27)15-6-5-7-17(12-15)28-2)23-18-8-3-4-9-20(18)29-21-11-10-16(25)13-19(21)23/h3-13,22-23H,1-2H3. The van der Waals surface area contributed by atoms with Crippen molar-refractivity contribution in [3.8, 4) is 17.2 Å². The Morgan fingerprint density at radius 2 is 1.72 bits per heavy atom. The van der Waals surface area contributed by atoms with Crippen LogP contribution in [-0.2, 0) is 4.79 Å². The normalized spacial score (nSPS) is 15.5. The number of methoxy groups -OCH3 is 1. The average molecular weight is 407 g/mol. The van der Waals surface area contributed by atoms with Crippen molar-refractivity contribution in [2.45, 2.75) is 12.8 Å². The number of hydrogen-bond acceptors (Lipinski definition) is 4. The molecule has 4 rings (SSSR count). The predicted molar refractivity (Wildman–Crippen MR) is 111 cm³/mol. The van der Waals surface area contributed by atoms with Crippen molar-refractivity contribution >= 4 is 23.2 Å². The molecule has 0 saturated carbocycles. The molecule has 29 heavy (non-hydrogen) atoms. The van der Waals surface area contributed by atoms with Crippen molar-refractivity contribution in [1.82, 2.24) is 0 Å². The summed E-state index contributed by atoms with van der Waals surface area (Å²) in [5, 5.41) is 0.521. The Bertz CT molecular complexity index is 1110. The Balaban J connectivity index is 1.89. The number of benzene rings is 3. The first-order valence-corrected chi connectivity index (χ1v) is 9.62. The third-order valence-electron chi connectivity index (χ3n) is 5.19. The minimum Gasteiger partial charge on any atom is -0.497 e. The van der Waals surface area contributed by atoms with Gasteiger partial charge in [0, 0.05) is 27.6 Å². The molecule has 5 heteroatoms. The van der Waals surface area contributed by atoms with Gasteiger partial charge in [-0.3, -0.25) is 9.59 Å². The summed E-state index contributed by atoms with van der Waals surface area (Å²) in [4.78, 5) is 26.3. The molecule has 0 bridgehead atoms. The highest BCUT2D eigenvalue weighted by atomic mass is 35.5. The Kier molecular flexibility index (Phi) is 5.12. The first-order chi connectivity index (χ1) is 14.0. The molecule has 3 aromatic carbocycles. The maximum absolute atomic E-state index is 13.5. The number of para-hydroxylation sites is 1. The molecule has 2 atom stereocenters. The van der Waals surface area contributed by atoms with Crippen LogP contribution >= 0.6 is 11.6 Å². The van der Waals surface area contributed by atoms with E-state index in [-0.39, 0.29) is 11.6 Å². The summed E-state index contributed by atoms with van der Waals surface area (Å²) in [6.07, 6.45) is 0. The second-order valence-corrected chi connectivity index (χ2v) is 7.42. The van der Waals surface area contributed by atoms with Crippen LogP contribution in [0.25, 0.3) is 0 Å². The number of Topliss-reactive ketones (excluding diaryl/α,β-unsaturated/α-hetero) is 2. The fourth-order valence-electron chi connectivity index (χ4n) is 3.86. The summed E-state index contributed by atoms with van der Waals surface area (Å²) in [7, 11) is 1.54. The number of carbonyl (C=O) groups is 2. The maximum Gasteiger partial charge on any atom is 0.174 e. The van der Waals surface area contributed by atoms with Gasteiger partial charge in [-0.1, -0.05) is 41.9 Å². The van der Waals surface area contributed by atoms with Gasteiger partial charge in [-0.15, -0.1) is 0 Å². The van der Waals surface area contributed by atoms with Crippen LogP contribution in [0.4, 0.5) is 0 Å². The van der Waals surface area contributed by atoms with Crippen molar-refractivity contribution in [1.29, 1.82) is 0 Å². The van der Waals surface area contributed by atoms with Crippen LogP contribution in [0.5, 0.6) is 17.2 Å². The highest BCUT2D eigenvalue weighted by Gasteiger charge is 2.40. The van der Waals surface area contributed by atoms with Crippen LogP contribution in [0.1, 0.15) is 34.3 Å². The van der Waals surface area contributed by atoms with E-state index in [1.807, 2.05) is 24.3 Å². The third-order valence-corrected chi connectivity index (χ3v) is 5.42. The number of carbonyl (C=O) groups excluding carboxylic acids is 2. The fourth-order valence-corrected chi connectivity index (χ4v) is 4.04. The summed E-state index contributed by atoms with van der Waals surface area (Å²) in [5.41, 5.74) is 1.95. The second-order valence-electron chi connectivity index (χ2n) is 6.98. The minimum atomic E-state index is -0.913. The molecular weight excluding hydrogens is 388 g/mol. The van der Waals surface area contributed by atoms with Crippen molar-refractivity contribution < 1.29 is 19.1 Å². The molecule has 0 N–H and O–H groups in total. The van der Waals surface area contributed by atoms with Gasteiger partial charge in [0.25, 0.3) is 0 Å². The van der Waals surface area contributed by atoms with Crippen molar-refractivity contribution in [3.63, 3.8) is 0 Å². The zero-order valence-electron chi connectivity index (χ0n) is 16.0. The quantitative estimate of drug-likeness (QED) is 0.404. The number of ether oxygens (including phenoxy) is 2. The van der Waals surface area contributed by atoms with Gasteiger partial charge in [0.15, 0.2) is 5.78 Å². The minimum absolute atomic E-state index is 0.217. The average Bonchev–Trinajstić information content (AvgIpc) is 2.73. The van der Waals surface area contributed by atoms with Gasteiger partial charge in [-0.2, -0.15) is 0 Å². The van der Waals surface area contributed by atoms with Gasteiger partial charge in [0.2, 0.25) is 0 Å². The van der Waals surface area contributed by atoms with E-state index in [1.165, 1.54) is 6.92 Å². The number of halogens is 1. The number of hydrogen-bond donors (Lipinski definition) is 0. The van der Waals surface area contributed by atoms with Crippen LogP contribution in [0.2, 0.25) is 5.02 Å². The molecule has 1 heterocycles. The topological polar surface area (TPSA) is 52.6 Å². The number of fused-ring (bicyclic) bond motifs is 2. The van der Waals surface area contributed by atoms with Crippen molar-refractivity contribution in [2.75, 3.05) is 7.11 Å². The lowest BCUT2D eigenvalue weighted by atomic mass is 9.74. The largest absolute Gasteiger partial charge is 0.497 e. The van der Waals surface area contributed by atoms with Gasteiger partial charge in [0.05, 0.1) is 13.0 Å². The molecule has 0 aromatic heterocycles. The molecule has 3 aromatic rings. The Hall–Kier alpha value is -3.11. The maximum atomic E-state index is 13.5. The molecule has 146 valence electrons. The van der Waals surface area contributed by atoms with Crippen LogP contribution < -0.4 is 9.47 Å². The van der Waals surface area contributed by atoms with Crippen LogP contribution in [0, 0.1) is 5.92 Å². The van der Waals surface area contributed by atoms with E-state index in [2.05, 4.69) is 0 Å². The molecule has 0 fully saturated rings. The highest BCUT2D eigenvalue weighted by molar-refractivity contribution is 6.30. The van der Waals surface area contributed by atoms with Gasteiger partial charge in [-0.05, 0) is 43.3 Å². The second kappa shape index (κ2) is 7.72. The molecule has 0 saturated heterocycles. The van der Waals surface area contributed by atoms with E-state index in [0.29, 0.717) is 27.8 Å². The summed E-state index contributed by atoms with van der Waals surface area (Å²) in [6.45, 7) is 1.45. The molecule has 0 radical (unpaired) electrons. The Morgan fingerprint density at radius 1 is 0.966 bits per heavy atom. The highest BCUT2D eigenvalue weighted by Crippen LogP contribution is 2.49. The van der Waals surface area contributed by atoms with Crippen LogP contribution in [-0.4, -0.2) is 18.7 Å². The predicted octanol–water partition coefficient (Wildman–Crippen LogP) is 5.67. The summed E-state index contributed by atoms with van der Waals surface area (Å²) in [5.74, 6) is -0.0857. The first kappa shape index (κ1) is 19.2. The van der Waals surface area contributed by atoms with Gasteiger partial charge in [-0.25, -0.2) is 0 Å². The van der Waals surface area contributed by atoms with Gasteiger partial charge < -0.3 is 9.47 Å². The summed E-state index contributed by atoms with van der Waals surface area (Å²) in [6, 6.07) is 19.6. The number of rotatable bonds is 5. The smallest absolute Gasteiger partial charge is 0.174 e. The van der Waals surface area contributed by atoms with Gasteiger partial charge >= 0.3 is 0 Å². The molecule has 0 aliphatic carbocycles. The number of ketones is 2. The zero-order chi connectivity index (χ0) is 20.5. The van der Waals surface area contributed by atoms with E-state index in [9.17, 15) is 9.59 Å². The lowest BCUT2D eigenvalue weighted by Gasteiger charge is -2.32. The Labute approximate surface area is 174 Å². The SMILES string of the molecule is COc1cccc(C(=O)C(C(C)=O)C2c3ccccc3Oc3ccc(Cl)cc32)c1. The summed E-state index contributed by atoms with van der Waals surface area (Å²) >= 11 is 6.25. The van der Waals surface area contributed by atoms with Crippen LogP contribution in [0.15, 0.2) is 66.7 Å². The van der Waals surface area contributed by atoms with Crippen LogP contribution in [0.3, 0.4) is 0 Å². The third kappa shape index (κ3) is 3.52. The molecule has 1 aliphatic heterocycles. The molecule has 0 spiro atoms. The molecule has 0 amide bonds. The van der Waals surface area contributed by atoms with E-state index < -0.39 is 11.8 Å². The van der Waals surface area contributed by atoms with E-state index in [1.54, 1.807) is 49.6 Å². The lowest BCUT2D eigenvalue weighted by molar-refractivity contribution is -0.119. The summed E-state index contributed by atoms with van der Waals surface area (Å²) < 4.78 is 11.3. The Morgan fingerprint density at radius 3 is 2.48 bits per heavy atom. The van der Waals surface area contributed by atoms with Crippen molar-refractivity contribution in [2.24, 2.45) is 5.92 Å².